The Balaban J connectivity index is 1.35. The molecule has 7 nitrogen and oxygen atoms in total. The highest BCUT2D eigenvalue weighted by molar-refractivity contribution is 7.99. The van der Waals surface area contributed by atoms with Crippen LogP contribution in [0.15, 0.2) is 40.9 Å². The van der Waals surface area contributed by atoms with Gasteiger partial charge in [0.05, 0.1) is 18.4 Å². The van der Waals surface area contributed by atoms with Crippen molar-refractivity contribution in [3.05, 3.63) is 56.6 Å². The Hall–Kier alpha value is -2.95. The van der Waals surface area contributed by atoms with Gasteiger partial charge in [-0.1, -0.05) is 42.1 Å². The predicted octanol–water partition coefficient (Wildman–Crippen LogP) is 6.46. The lowest BCUT2D eigenvalue weighted by molar-refractivity contribution is -0.113. The van der Waals surface area contributed by atoms with Crippen LogP contribution < -0.4 is 5.32 Å². The van der Waals surface area contributed by atoms with Gasteiger partial charge in [-0.15, -0.1) is 32.9 Å². The lowest BCUT2D eigenvalue weighted by Crippen LogP contribution is -2.17. The number of thioether (sulfide) groups is 1. The van der Waals surface area contributed by atoms with E-state index in [1.165, 1.54) is 45.5 Å². The molecule has 0 aliphatic heterocycles. The van der Waals surface area contributed by atoms with Gasteiger partial charge < -0.3 is 14.6 Å². The molecular weight excluding hydrogens is 525 g/mol. The summed E-state index contributed by atoms with van der Waals surface area (Å²) in [5.74, 6) is 0.387. The van der Waals surface area contributed by atoms with Crippen molar-refractivity contribution in [1.29, 1.82) is 0 Å². The molecule has 3 aromatic heterocycles. The Morgan fingerprint density at radius 3 is 2.70 bits per heavy atom. The number of carbonyl (C=O) groups excluding carboxylic acids is 2. The van der Waals surface area contributed by atoms with Gasteiger partial charge in [-0.05, 0) is 50.7 Å². The molecule has 0 fully saturated rings. The van der Waals surface area contributed by atoms with Crippen molar-refractivity contribution < 1.29 is 14.3 Å². The van der Waals surface area contributed by atoms with Gasteiger partial charge in [-0.3, -0.25) is 4.79 Å². The fourth-order valence-electron chi connectivity index (χ4n) is 4.73. The smallest absolute Gasteiger partial charge is 0.341 e. The number of aryl methyl sites for hydroxylation is 2. The van der Waals surface area contributed by atoms with Crippen molar-refractivity contribution in [3.63, 3.8) is 0 Å². The van der Waals surface area contributed by atoms with E-state index < -0.39 is 5.97 Å². The normalized spacial score (nSPS) is 12.8. The fourth-order valence-corrected chi connectivity index (χ4v) is 7.69. The molecule has 1 aromatic carbocycles. The van der Waals surface area contributed by atoms with Gasteiger partial charge in [0.25, 0.3) is 0 Å². The largest absolute Gasteiger partial charge is 0.465 e. The molecule has 0 saturated carbocycles. The van der Waals surface area contributed by atoms with Crippen molar-refractivity contribution >= 4 is 51.3 Å². The number of esters is 1. The number of rotatable bonds is 8. The predicted molar refractivity (Wildman–Crippen MR) is 151 cm³/mol. The number of aromatic nitrogens is 3. The van der Waals surface area contributed by atoms with Crippen molar-refractivity contribution in [2.75, 3.05) is 18.2 Å². The van der Waals surface area contributed by atoms with Crippen LogP contribution in [0.5, 0.6) is 0 Å². The van der Waals surface area contributed by atoms with E-state index in [2.05, 4.69) is 51.4 Å². The van der Waals surface area contributed by atoms with E-state index in [1.54, 1.807) is 11.3 Å². The van der Waals surface area contributed by atoms with Crippen LogP contribution in [0.3, 0.4) is 0 Å². The van der Waals surface area contributed by atoms with Gasteiger partial charge in [0, 0.05) is 32.8 Å². The van der Waals surface area contributed by atoms with Crippen LogP contribution in [0.2, 0.25) is 0 Å². The van der Waals surface area contributed by atoms with E-state index >= 15 is 0 Å². The first-order valence-electron chi connectivity index (χ1n) is 12.2. The SMILES string of the molecule is CCn1c(SCC(=O)Nc2sc3c(c2C(=O)OC)CCCC3)nnc1-c1csc(C)c1-c1ccccc1. The zero-order valence-corrected chi connectivity index (χ0v) is 23.4. The molecule has 1 amide bonds. The number of carbonyl (C=O) groups is 2. The maximum atomic E-state index is 12.9. The molecule has 1 aliphatic rings. The molecule has 192 valence electrons. The fraction of sp³-hybridized carbons (Fsp3) is 0.333. The molecule has 0 saturated heterocycles. The van der Waals surface area contributed by atoms with Crippen LogP contribution in [0.25, 0.3) is 22.5 Å². The third-order valence-corrected chi connectivity index (χ3v) is 9.54. The summed E-state index contributed by atoms with van der Waals surface area (Å²) in [5, 5.41) is 15.3. The van der Waals surface area contributed by atoms with Gasteiger partial charge in [0.1, 0.15) is 5.00 Å². The number of nitrogens with one attached hydrogen (secondary N) is 1. The van der Waals surface area contributed by atoms with E-state index in [9.17, 15) is 9.59 Å². The molecule has 1 aliphatic carbocycles. The number of thiophene rings is 2. The molecular formula is C27H28N4O3S3. The minimum atomic E-state index is -0.391. The van der Waals surface area contributed by atoms with Crippen LogP contribution in [0.1, 0.15) is 45.4 Å². The zero-order chi connectivity index (χ0) is 25.9. The third kappa shape index (κ3) is 5.10. The summed E-state index contributed by atoms with van der Waals surface area (Å²) in [6, 6.07) is 10.3. The van der Waals surface area contributed by atoms with E-state index in [-0.39, 0.29) is 11.7 Å². The van der Waals surface area contributed by atoms with Crippen molar-refractivity contribution in [2.45, 2.75) is 51.2 Å². The van der Waals surface area contributed by atoms with Crippen LogP contribution in [-0.4, -0.2) is 39.5 Å². The number of benzene rings is 1. The number of fused-ring (bicyclic) bond motifs is 1. The van der Waals surface area contributed by atoms with Crippen molar-refractivity contribution in [1.82, 2.24) is 14.8 Å². The summed E-state index contributed by atoms with van der Waals surface area (Å²) < 4.78 is 7.07. The highest BCUT2D eigenvalue weighted by atomic mass is 32.2. The number of hydrogen-bond acceptors (Lipinski definition) is 8. The average Bonchev–Trinajstić information content (AvgIpc) is 3.61. The Kier molecular flexibility index (Phi) is 7.78. The van der Waals surface area contributed by atoms with E-state index in [0.29, 0.717) is 22.3 Å². The second-order valence-electron chi connectivity index (χ2n) is 8.74. The molecule has 0 atom stereocenters. The molecule has 0 spiro atoms. The highest BCUT2D eigenvalue weighted by Crippen LogP contribution is 2.40. The number of nitrogens with zero attached hydrogens (tertiary/aromatic N) is 3. The second kappa shape index (κ2) is 11.2. The molecule has 3 heterocycles. The number of anilines is 1. The first kappa shape index (κ1) is 25.7. The van der Waals surface area contributed by atoms with Crippen LogP contribution >= 0.6 is 34.4 Å². The Bertz CT molecular complexity index is 1440. The van der Waals surface area contributed by atoms with Crippen LogP contribution in [-0.2, 0) is 28.9 Å². The van der Waals surface area contributed by atoms with E-state index in [4.69, 9.17) is 4.74 Å². The third-order valence-electron chi connectivity index (χ3n) is 6.46. The monoisotopic (exact) mass is 552 g/mol. The number of methoxy groups -OCH3 is 1. The summed E-state index contributed by atoms with van der Waals surface area (Å²) in [6.07, 6.45) is 3.92. The molecule has 1 N–H and O–H groups in total. The second-order valence-corrected chi connectivity index (χ2v) is 11.9. The van der Waals surface area contributed by atoms with E-state index in [0.717, 1.165) is 48.2 Å². The first-order valence-corrected chi connectivity index (χ1v) is 14.9. The van der Waals surface area contributed by atoms with Gasteiger partial charge in [0.15, 0.2) is 11.0 Å². The van der Waals surface area contributed by atoms with Crippen LogP contribution in [0.4, 0.5) is 5.00 Å². The lowest BCUT2D eigenvalue weighted by Gasteiger charge is -2.11. The molecule has 4 aromatic rings. The topological polar surface area (TPSA) is 86.1 Å². The molecule has 5 rings (SSSR count). The average molecular weight is 553 g/mol. The van der Waals surface area contributed by atoms with Gasteiger partial charge in [-0.25, -0.2) is 4.79 Å². The molecule has 0 bridgehead atoms. The van der Waals surface area contributed by atoms with E-state index in [1.807, 2.05) is 18.2 Å². The van der Waals surface area contributed by atoms with Gasteiger partial charge in [0.2, 0.25) is 5.91 Å². The lowest BCUT2D eigenvalue weighted by atomic mass is 9.95. The summed E-state index contributed by atoms with van der Waals surface area (Å²) >= 11 is 4.54. The highest BCUT2D eigenvalue weighted by Gasteiger charge is 2.27. The summed E-state index contributed by atoms with van der Waals surface area (Å²) in [5.41, 5.74) is 4.91. The molecule has 0 radical (unpaired) electrons. The first-order chi connectivity index (χ1) is 18.0. The summed E-state index contributed by atoms with van der Waals surface area (Å²) in [6.45, 7) is 4.85. The summed E-state index contributed by atoms with van der Waals surface area (Å²) in [4.78, 5) is 27.8. The van der Waals surface area contributed by atoms with Crippen molar-refractivity contribution in [2.24, 2.45) is 0 Å². The molecule has 37 heavy (non-hydrogen) atoms. The Morgan fingerprint density at radius 1 is 1.16 bits per heavy atom. The zero-order valence-electron chi connectivity index (χ0n) is 21.0. The van der Waals surface area contributed by atoms with Gasteiger partial charge >= 0.3 is 5.97 Å². The molecule has 10 heteroatoms. The maximum absolute atomic E-state index is 12.9. The number of hydrogen-bond donors (Lipinski definition) is 1. The standard InChI is InChI=1S/C27H28N4O3S3/c1-4-31-24(19-14-35-16(2)22(19)17-10-6-5-7-11-17)29-30-27(31)36-15-21(32)28-25-23(26(33)34-3)18-12-8-9-13-20(18)37-25/h5-7,10-11,14H,4,8-9,12-13,15H2,1-3H3,(H,28,32). The van der Waals surface area contributed by atoms with Crippen LogP contribution in [0, 0.1) is 6.92 Å². The molecule has 0 unspecified atom stereocenters. The number of amides is 1. The van der Waals surface area contributed by atoms with Crippen molar-refractivity contribution in [3.8, 4) is 22.5 Å². The minimum Gasteiger partial charge on any atom is -0.465 e. The minimum absolute atomic E-state index is 0.162. The number of ether oxygens (including phenoxy) is 1. The van der Waals surface area contributed by atoms with Gasteiger partial charge in [-0.2, -0.15) is 0 Å². The maximum Gasteiger partial charge on any atom is 0.341 e. The Morgan fingerprint density at radius 2 is 1.95 bits per heavy atom. The quantitative estimate of drug-likeness (QED) is 0.199. The Labute approximate surface area is 228 Å². The summed E-state index contributed by atoms with van der Waals surface area (Å²) in [7, 11) is 1.38.